The van der Waals surface area contributed by atoms with Gasteiger partial charge < -0.3 is 0 Å². The molecule has 0 aliphatic heterocycles. The molecule has 1 fully saturated rings. The number of hydrogen-bond acceptors (Lipinski definition) is 3. The standard InChI is InChI=1S/C18H20BrClN2O2S/c1-12-2-6-15(7-3-12)25(23,24)22-14-5-8-17(19)16(10-14)13-4-9-18(20)21-11-13/h2-4,6-7,9,11,14,16-17,22H,5,8,10H2,1H3/t14-,16+,17-/m0/s1. The molecule has 1 aromatic carbocycles. The quantitative estimate of drug-likeness (QED) is 0.562. The summed E-state index contributed by atoms with van der Waals surface area (Å²) in [4.78, 5) is 4.76. The van der Waals surface area contributed by atoms with E-state index in [1.54, 1.807) is 24.4 Å². The Balaban J connectivity index is 1.74. The number of halogens is 2. The van der Waals surface area contributed by atoms with Crippen molar-refractivity contribution in [1.29, 1.82) is 0 Å². The molecule has 1 aliphatic rings. The highest BCUT2D eigenvalue weighted by Gasteiger charge is 2.32. The van der Waals surface area contributed by atoms with Crippen LogP contribution in [0.1, 0.15) is 36.3 Å². The summed E-state index contributed by atoms with van der Waals surface area (Å²) in [6, 6.07) is 10.6. The van der Waals surface area contributed by atoms with Crippen LogP contribution in [0.15, 0.2) is 47.5 Å². The van der Waals surface area contributed by atoms with E-state index in [0.717, 1.165) is 30.4 Å². The summed E-state index contributed by atoms with van der Waals surface area (Å²) in [7, 11) is -3.51. The molecule has 3 atom stereocenters. The fourth-order valence-corrected chi connectivity index (χ4v) is 5.38. The van der Waals surface area contributed by atoms with E-state index in [4.69, 9.17) is 11.6 Å². The lowest BCUT2D eigenvalue weighted by Crippen LogP contribution is -2.40. The van der Waals surface area contributed by atoms with Crippen LogP contribution in [0, 0.1) is 6.92 Å². The van der Waals surface area contributed by atoms with Crippen LogP contribution in [-0.2, 0) is 10.0 Å². The molecule has 3 rings (SSSR count). The smallest absolute Gasteiger partial charge is 0.240 e. The third kappa shape index (κ3) is 4.61. The highest BCUT2D eigenvalue weighted by molar-refractivity contribution is 9.09. The van der Waals surface area contributed by atoms with Crippen molar-refractivity contribution >= 4 is 37.6 Å². The second-order valence-corrected chi connectivity index (χ2v) is 9.76. The van der Waals surface area contributed by atoms with E-state index >= 15 is 0 Å². The summed E-state index contributed by atoms with van der Waals surface area (Å²) in [5, 5.41) is 0.460. The maximum absolute atomic E-state index is 12.6. The molecule has 0 spiro atoms. The van der Waals surface area contributed by atoms with Gasteiger partial charge in [-0.1, -0.05) is 51.3 Å². The molecule has 1 saturated carbocycles. The van der Waals surface area contributed by atoms with Crippen molar-refractivity contribution in [3.05, 3.63) is 58.9 Å². The molecule has 0 amide bonds. The van der Waals surface area contributed by atoms with Gasteiger partial charge in [-0.3, -0.25) is 0 Å². The lowest BCUT2D eigenvalue weighted by atomic mass is 9.82. The minimum atomic E-state index is -3.51. The van der Waals surface area contributed by atoms with Gasteiger partial charge in [0.1, 0.15) is 5.15 Å². The van der Waals surface area contributed by atoms with Crippen LogP contribution in [-0.4, -0.2) is 24.3 Å². The van der Waals surface area contributed by atoms with Crippen LogP contribution in [0.2, 0.25) is 5.15 Å². The molecule has 134 valence electrons. The number of pyridine rings is 1. The molecular formula is C18H20BrClN2O2S. The Hall–Kier alpha value is -0.950. The normalized spacial score (nSPS) is 24.2. The average Bonchev–Trinajstić information content (AvgIpc) is 2.58. The van der Waals surface area contributed by atoms with Crippen molar-refractivity contribution in [2.75, 3.05) is 0 Å². The summed E-state index contributed by atoms with van der Waals surface area (Å²) in [5.74, 6) is 0.198. The zero-order chi connectivity index (χ0) is 18.0. The van der Waals surface area contributed by atoms with E-state index in [1.807, 2.05) is 25.1 Å². The summed E-state index contributed by atoms with van der Waals surface area (Å²) < 4.78 is 28.1. The molecule has 0 bridgehead atoms. The van der Waals surface area contributed by atoms with Crippen LogP contribution in [0.3, 0.4) is 0 Å². The maximum atomic E-state index is 12.6. The van der Waals surface area contributed by atoms with Gasteiger partial charge >= 0.3 is 0 Å². The Bertz CT molecular complexity index is 825. The van der Waals surface area contributed by atoms with Gasteiger partial charge in [0.05, 0.1) is 4.90 Å². The Morgan fingerprint density at radius 1 is 1.16 bits per heavy atom. The van der Waals surface area contributed by atoms with E-state index in [1.165, 1.54) is 0 Å². The van der Waals surface area contributed by atoms with Gasteiger partial charge in [0, 0.05) is 17.1 Å². The molecule has 0 unspecified atom stereocenters. The molecular weight excluding hydrogens is 424 g/mol. The number of hydrogen-bond donors (Lipinski definition) is 1. The molecule has 2 aromatic rings. The fraction of sp³-hybridized carbons (Fsp3) is 0.389. The first-order valence-corrected chi connectivity index (χ1v) is 11.0. The van der Waals surface area contributed by atoms with Crippen molar-refractivity contribution in [3.8, 4) is 0 Å². The van der Waals surface area contributed by atoms with Crippen LogP contribution in [0.4, 0.5) is 0 Å². The Morgan fingerprint density at radius 3 is 2.52 bits per heavy atom. The lowest BCUT2D eigenvalue weighted by Gasteiger charge is -2.33. The van der Waals surface area contributed by atoms with E-state index in [0.29, 0.717) is 14.9 Å². The van der Waals surface area contributed by atoms with E-state index in [2.05, 4.69) is 25.6 Å². The minimum absolute atomic E-state index is 0.0965. The Morgan fingerprint density at radius 2 is 1.88 bits per heavy atom. The SMILES string of the molecule is Cc1ccc(S(=O)(=O)N[C@H]2CC[C@H](Br)[C@@H](c3ccc(Cl)nc3)C2)cc1. The van der Waals surface area contributed by atoms with Gasteiger partial charge in [-0.05, 0) is 55.9 Å². The zero-order valence-electron chi connectivity index (χ0n) is 13.8. The van der Waals surface area contributed by atoms with Crippen LogP contribution >= 0.6 is 27.5 Å². The number of aryl methyl sites for hydroxylation is 1. The second kappa shape index (κ2) is 7.74. The number of rotatable bonds is 4. The fourth-order valence-electron chi connectivity index (χ4n) is 3.20. The van der Waals surface area contributed by atoms with E-state index in [9.17, 15) is 8.42 Å². The van der Waals surface area contributed by atoms with Crippen LogP contribution in [0.25, 0.3) is 0 Å². The third-order valence-corrected chi connectivity index (χ3v) is 7.45. The first-order chi connectivity index (χ1) is 11.8. The highest BCUT2D eigenvalue weighted by atomic mass is 79.9. The average molecular weight is 444 g/mol. The number of alkyl halides is 1. The summed E-state index contributed by atoms with van der Waals surface area (Å²) in [6.45, 7) is 1.94. The first-order valence-electron chi connectivity index (χ1n) is 8.19. The number of nitrogens with zero attached hydrogens (tertiary/aromatic N) is 1. The summed E-state index contributed by atoms with van der Waals surface area (Å²) in [6.07, 6.45) is 4.20. The topological polar surface area (TPSA) is 59.1 Å². The van der Waals surface area contributed by atoms with E-state index in [-0.39, 0.29) is 12.0 Å². The van der Waals surface area contributed by atoms with Gasteiger partial charge in [-0.25, -0.2) is 18.1 Å². The molecule has 25 heavy (non-hydrogen) atoms. The maximum Gasteiger partial charge on any atom is 0.240 e. The predicted octanol–water partition coefficient (Wildman–Crippen LogP) is 4.42. The lowest BCUT2D eigenvalue weighted by molar-refractivity contribution is 0.383. The molecule has 1 aromatic heterocycles. The minimum Gasteiger partial charge on any atom is -0.244 e. The van der Waals surface area contributed by atoms with Gasteiger partial charge in [0.25, 0.3) is 0 Å². The molecule has 1 aliphatic carbocycles. The van der Waals surface area contributed by atoms with Crippen molar-refractivity contribution < 1.29 is 8.42 Å². The third-order valence-electron chi connectivity index (χ3n) is 4.60. The van der Waals surface area contributed by atoms with Gasteiger partial charge in [-0.2, -0.15) is 0 Å². The van der Waals surface area contributed by atoms with Crippen molar-refractivity contribution in [2.45, 2.75) is 47.9 Å². The number of benzene rings is 1. The van der Waals surface area contributed by atoms with Crippen LogP contribution < -0.4 is 4.72 Å². The van der Waals surface area contributed by atoms with Gasteiger partial charge in [0.15, 0.2) is 0 Å². The largest absolute Gasteiger partial charge is 0.244 e. The first kappa shape index (κ1) is 18.8. The monoisotopic (exact) mass is 442 g/mol. The highest BCUT2D eigenvalue weighted by Crippen LogP contribution is 2.38. The summed E-state index contributed by atoms with van der Waals surface area (Å²) in [5.41, 5.74) is 2.11. The van der Waals surface area contributed by atoms with Crippen LogP contribution in [0.5, 0.6) is 0 Å². The van der Waals surface area contributed by atoms with Crippen molar-refractivity contribution in [2.24, 2.45) is 0 Å². The zero-order valence-corrected chi connectivity index (χ0v) is 17.0. The molecule has 0 saturated heterocycles. The Labute approximate surface area is 162 Å². The number of nitrogens with one attached hydrogen (secondary N) is 1. The van der Waals surface area contributed by atoms with Crippen molar-refractivity contribution in [3.63, 3.8) is 0 Å². The van der Waals surface area contributed by atoms with Gasteiger partial charge in [0.2, 0.25) is 10.0 Å². The molecule has 4 nitrogen and oxygen atoms in total. The molecule has 1 N–H and O–H groups in total. The molecule has 0 radical (unpaired) electrons. The second-order valence-electron chi connectivity index (χ2n) is 6.48. The predicted molar refractivity (Wildman–Crippen MR) is 104 cm³/mol. The summed E-state index contributed by atoms with van der Waals surface area (Å²) >= 11 is 9.60. The molecule has 1 heterocycles. The Kier molecular flexibility index (Phi) is 5.83. The van der Waals surface area contributed by atoms with Crippen molar-refractivity contribution in [1.82, 2.24) is 9.71 Å². The van der Waals surface area contributed by atoms with E-state index < -0.39 is 10.0 Å². The van der Waals surface area contributed by atoms with Gasteiger partial charge in [-0.15, -0.1) is 0 Å². The molecule has 7 heteroatoms. The number of sulfonamides is 1. The number of aromatic nitrogens is 1.